The van der Waals surface area contributed by atoms with Crippen LogP contribution in [0.25, 0.3) is 0 Å². The van der Waals surface area contributed by atoms with Crippen molar-refractivity contribution in [3.05, 3.63) is 62.6 Å². The predicted octanol–water partition coefficient (Wildman–Crippen LogP) is 4.15. The molecule has 1 N–H and O–H groups in total. The number of anilines is 1. The van der Waals surface area contributed by atoms with E-state index >= 15 is 0 Å². The van der Waals surface area contributed by atoms with Crippen molar-refractivity contribution in [1.82, 2.24) is 19.6 Å². The maximum atomic E-state index is 12.6. The molecule has 0 aliphatic carbocycles. The van der Waals surface area contributed by atoms with Gasteiger partial charge in [0.25, 0.3) is 5.91 Å². The molecule has 6 nitrogen and oxygen atoms in total. The maximum absolute atomic E-state index is 12.6. The van der Waals surface area contributed by atoms with Crippen molar-refractivity contribution in [2.24, 2.45) is 7.05 Å². The lowest BCUT2D eigenvalue weighted by Gasteiger charge is -2.07. The van der Waals surface area contributed by atoms with Crippen LogP contribution in [0.4, 0.5) is 5.69 Å². The number of rotatable bonds is 4. The minimum absolute atomic E-state index is 0.205. The van der Waals surface area contributed by atoms with E-state index in [1.807, 2.05) is 49.7 Å². The van der Waals surface area contributed by atoms with Crippen LogP contribution in [0, 0.1) is 20.8 Å². The second kappa shape index (κ2) is 7.13. The fraction of sp³-hybridized carbons (Fsp3) is 0.278. The molecule has 3 aromatic rings. The van der Waals surface area contributed by atoms with Gasteiger partial charge >= 0.3 is 0 Å². The van der Waals surface area contributed by atoms with Crippen LogP contribution in [-0.4, -0.2) is 25.5 Å². The Morgan fingerprint density at radius 3 is 2.31 bits per heavy atom. The van der Waals surface area contributed by atoms with E-state index in [4.69, 9.17) is 23.2 Å². The van der Waals surface area contributed by atoms with Crippen molar-refractivity contribution >= 4 is 34.8 Å². The average molecular weight is 392 g/mol. The van der Waals surface area contributed by atoms with Crippen molar-refractivity contribution in [1.29, 1.82) is 0 Å². The van der Waals surface area contributed by atoms with Gasteiger partial charge in [0.2, 0.25) is 0 Å². The van der Waals surface area contributed by atoms with Gasteiger partial charge in [-0.25, -0.2) is 0 Å². The molecule has 1 aromatic carbocycles. The van der Waals surface area contributed by atoms with Gasteiger partial charge in [0.15, 0.2) is 5.69 Å². The normalized spacial score (nSPS) is 11.0. The van der Waals surface area contributed by atoms with Gasteiger partial charge in [-0.05, 0) is 38.5 Å². The first-order valence-electron chi connectivity index (χ1n) is 8.06. The lowest BCUT2D eigenvalue weighted by molar-refractivity contribution is 0.102. The number of nitrogens with zero attached hydrogens (tertiary/aromatic N) is 4. The number of aryl methyl sites for hydroxylation is 2. The number of amides is 1. The van der Waals surface area contributed by atoms with Gasteiger partial charge in [0.1, 0.15) is 0 Å². The molecular formula is C18H19Cl2N5O. The molecule has 2 aromatic heterocycles. The summed E-state index contributed by atoms with van der Waals surface area (Å²) < 4.78 is 3.43. The van der Waals surface area contributed by atoms with Crippen LogP contribution in [0.3, 0.4) is 0 Å². The number of aromatic nitrogens is 4. The fourth-order valence-electron chi connectivity index (χ4n) is 2.69. The van der Waals surface area contributed by atoms with Gasteiger partial charge in [0, 0.05) is 12.1 Å². The zero-order valence-corrected chi connectivity index (χ0v) is 16.5. The molecule has 0 aliphatic rings. The van der Waals surface area contributed by atoms with Gasteiger partial charge in [-0.3, -0.25) is 14.2 Å². The molecule has 0 saturated heterocycles. The van der Waals surface area contributed by atoms with Crippen molar-refractivity contribution in [3.63, 3.8) is 0 Å². The SMILES string of the molecule is Cc1nn(Cc2ccc(Cl)cc2)c(C)c1NC(=O)c1nn(C)c(C)c1Cl. The lowest BCUT2D eigenvalue weighted by atomic mass is 10.2. The van der Waals surface area contributed by atoms with Gasteiger partial charge in [-0.2, -0.15) is 10.2 Å². The molecule has 2 heterocycles. The second-order valence-corrected chi connectivity index (χ2v) is 6.97. The quantitative estimate of drug-likeness (QED) is 0.726. The molecular weight excluding hydrogens is 373 g/mol. The molecule has 136 valence electrons. The second-order valence-electron chi connectivity index (χ2n) is 6.16. The van der Waals surface area contributed by atoms with Gasteiger partial charge in [-0.15, -0.1) is 0 Å². The van der Waals surface area contributed by atoms with E-state index < -0.39 is 0 Å². The minimum atomic E-state index is -0.351. The molecule has 0 aliphatic heterocycles. The molecule has 1 amide bonds. The molecule has 0 fully saturated rings. The Balaban J connectivity index is 1.84. The molecule has 0 spiro atoms. The summed E-state index contributed by atoms with van der Waals surface area (Å²) in [4.78, 5) is 12.6. The third-order valence-electron chi connectivity index (χ3n) is 4.34. The largest absolute Gasteiger partial charge is 0.317 e. The number of carbonyl (C=O) groups is 1. The summed E-state index contributed by atoms with van der Waals surface area (Å²) >= 11 is 12.1. The highest BCUT2D eigenvalue weighted by Gasteiger charge is 2.21. The third kappa shape index (κ3) is 3.48. The van der Waals surface area contributed by atoms with Crippen LogP contribution in [0.2, 0.25) is 10.0 Å². The van der Waals surface area contributed by atoms with Crippen LogP contribution >= 0.6 is 23.2 Å². The molecule has 0 bridgehead atoms. The number of carbonyl (C=O) groups excluding carboxylic acids is 1. The van der Waals surface area contributed by atoms with Gasteiger partial charge in [-0.1, -0.05) is 35.3 Å². The van der Waals surface area contributed by atoms with Crippen LogP contribution < -0.4 is 5.32 Å². The molecule has 3 rings (SSSR count). The summed E-state index contributed by atoms with van der Waals surface area (Å²) in [5.41, 5.74) is 4.27. The highest BCUT2D eigenvalue weighted by Crippen LogP contribution is 2.24. The number of benzene rings is 1. The topological polar surface area (TPSA) is 64.7 Å². The zero-order chi connectivity index (χ0) is 19.0. The van der Waals surface area contributed by atoms with Crippen molar-refractivity contribution < 1.29 is 4.79 Å². The summed E-state index contributed by atoms with van der Waals surface area (Å²) in [5, 5.41) is 12.6. The molecule has 0 radical (unpaired) electrons. The average Bonchev–Trinajstić information content (AvgIpc) is 3.01. The Bertz CT molecular complexity index is 973. The van der Waals surface area contributed by atoms with Crippen molar-refractivity contribution in [2.45, 2.75) is 27.3 Å². The Hall–Kier alpha value is -2.31. The van der Waals surface area contributed by atoms with Crippen LogP contribution in [-0.2, 0) is 13.6 Å². The monoisotopic (exact) mass is 391 g/mol. The van der Waals surface area contributed by atoms with Crippen LogP contribution in [0.5, 0.6) is 0 Å². The summed E-state index contributed by atoms with van der Waals surface area (Å²) in [7, 11) is 1.75. The number of hydrogen-bond acceptors (Lipinski definition) is 3. The van der Waals surface area contributed by atoms with Crippen molar-refractivity contribution in [2.75, 3.05) is 5.32 Å². The van der Waals surface area contributed by atoms with E-state index in [1.165, 1.54) is 0 Å². The standard InChI is InChI=1S/C18H19Cl2N5O/c1-10-16(21-18(26)17-15(20)11(2)24(4)23-17)12(3)25(22-10)9-13-5-7-14(19)8-6-13/h5-8H,9H2,1-4H3,(H,21,26). The molecule has 26 heavy (non-hydrogen) atoms. The first-order chi connectivity index (χ1) is 12.3. The first kappa shape index (κ1) is 18.5. The van der Waals surface area contributed by atoms with E-state index in [-0.39, 0.29) is 11.6 Å². The van der Waals surface area contributed by atoms with E-state index in [2.05, 4.69) is 15.5 Å². The fourth-order valence-corrected chi connectivity index (χ4v) is 3.07. The summed E-state index contributed by atoms with van der Waals surface area (Å²) in [6.45, 7) is 6.17. The summed E-state index contributed by atoms with van der Waals surface area (Å²) in [6.07, 6.45) is 0. The minimum Gasteiger partial charge on any atom is -0.317 e. The van der Waals surface area contributed by atoms with Crippen LogP contribution in [0.1, 0.15) is 33.1 Å². The highest BCUT2D eigenvalue weighted by molar-refractivity contribution is 6.34. The number of halogens is 2. The van der Waals surface area contributed by atoms with Crippen LogP contribution in [0.15, 0.2) is 24.3 Å². The van der Waals surface area contributed by atoms with Gasteiger partial charge < -0.3 is 5.32 Å². The Kier molecular flexibility index (Phi) is 5.07. The molecule has 0 atom stereocenters. The predicted molar refractivity (Wildman–Crippen MR) is 103 cm³/mol. The summed E-state index contributed by atoms with van der Waals surface area (Å²) in [6, 6.07) is 7.59. The maximum Gasteiger partial charge on any atom is 0.277 e. The van der Waals surface area contributed by atoms with Gasteiger partial charge in [0.05, 0.1) is 34.3 Å². The molecule has 0 unspecified atom stereocenters. The third-order valence-corrected chi connectivity index (χ3v) is 5.05. The van der Waals surface area contributed by atoms with Crippen molar-refractivity contribution in [3.8, 4) is 0 Å². The molecule has 0 saturated carbocycles. The first-order valence-corrected chi connectivity index (χ1v) is 8.82. The highest BCUT2D eigenvalue weighted by atomic mass is 35.5. The number of nitrogens with one attached hydrogen (secondary N) is 1. The van der Waals surface area contributed by atoms with E-state index in [9.17, 15) is 4.79 Å². The Labute approximate surface area is 161 Å². The number of hydrogen-bond donors (Lipinski definition) is 1. The molecule has 8 heteroatoms. The smallest absolute Gasteiger partial charge is 0.277 e. The summed E-state index contributed by atoms with van der Waals surface area (Å²) in [5.74, 6) is -0.351. The lowest BCUT2D eigenvalue weighted by Crippen LogP contribution is -2.15. The van der Waals surface area contributed by atoms with E-state index in [0.29, 0.717) is 22.3 Å². The van der Waals surface area contributed by atoms with E-state index in [0.717, 1.165) is 22.6 Å². The Morgan fingerprint density at radius 2 is 1.73 bits per heavy atom. The zero-order valence-electron chi connectivity index (χ0n) is 15.0. The Morgan fingerprint density at radius 1 is 1.08 bits per heavy atom. The van der Waals surface area contributed by atoms with E-state index in [1.54, 1.807) is 11.7 Å².